The van der Waals surface area contributed by atoms with E-state index in [1.54, 1.807) is 10.6 Å². The van der Waals surface area contributed by atoms with Crippen molar-refractivity contribution in [2.75, 3.05) is 11.1 Å². The first-order chi connectivity index (χ1) is 17.9. The van der Waals surface area contributed by atoms with Crippen LogP contribution in [0.3, 0.4) is 0 Å². The number of benzene rings is 1. The highest BCUT2D eigenvalue weighted by atomic mass is 32.2. The molecule has 1 aliphatic rings. The molecule has 1 aliphatic carbocycles. The van der Waals surface area contributed by atoms with E-state index in [-0.39, 0.29) is 29.3 Å². The summed E-state index contributed by atoms with van der Waals surface area (Å²) in [6.07, 6.45) is 4.35. The first kappa shape index (κ1) is 25.5. The molecule has 1 aromatic carbocycles. The molecule has 0 bridgehead atoms. The van der Waals surface area contributed by atoms with Gasteiger partial charge in [0.1, 0.15) is 5.00 Å². The summed E-state index contributed by atoms with van der Waals surface area (Å²) in [7, 11) is 0. The number of ether oxygens (including phenoxy) is 1. The van der Waals surface area contributed by atoms with Crippen LogP contribution >= 0.6 is 23.1 Å². The molecule has 1 amide bonds. The molecule has 4 aromatic rings. The number of para-hydroxylation sites is 1. The van der Waals surface area contributed by atoms with Crippen molar-refractivity contribution in [2.45, 2.75) is 70.7 Å². The Morgan fingerprint density at radius 3 is 2.76 bits per heavy atom. The zero-order valence-corrected chi connectivity index (χ0v) is 22.7. The van der Waals surface area contributed by atoms with Gasteiger partial charge in [-0.3, -0.25) is 18.6 Å². The Morgan fingerprint density at radius 1 is 1.19 bits per heavy atom. The maximum absolute atomic E-state index is 13.1. The minimum Gasteiger partial charge on any atom is -0.459 e. The van der Waals surface area contributed by atoms with Crippen LogP contribution in [0, 0.1) is 0 Å². The third-order valence-electron chi connectivity index (χ3n) is 6.23. The fraction of sp³-hybridized carbons (Fsp3) is 0.423. The summed E-state index contributed by atoms with van der Waals surface area (Å²) in [6, 6.07) is 7.35. The van der Waals surface area contributed by atoms with Crippen molar-refractivity contribution < 1.29 is 14.3 Å². The SMILES string of the molecule is CCCn1c(=O)c2ccccc2n2c(SCC(=O)Nc3sc4c(c3C(=O)OC(C)C)CCCC4)nnc12. The number of carbonyl (C=O) groups is 2. The lowest BCUT2D eigenvalue weighted by atomic mass is 9.95. The molecule has 0 aliphatic heterocycles. The number of thioether (sulfide) groups is 1. The number of fused-ring (bicyclic) bond motifs is 4. The van der Waals surface area contributed by atoms with Gasteiger partial charge in [-0.25, -0.2) is 4.79 Å². The molecule has 5 rings (SSSR count). The van der Waals surface area contributed by atoms with Crippen LogP contribution in [0.25, 0.3) is 16.7 Å². The smallest absolute Gasteiger partial charge is 0.341 e. The summed E-state index contributed by atoms with van der Waals surface area (Å²) in [5, 5.41) is 13.2. The number of rotatable bonds is 8. The standard InChI is InChI=1S/C26H29N5O4S2/c1-4-13-30-23(33)16-9-5-7-11-18(16)31-25(30)28-29-26(31)36-14-20(32)27-22-21(24(34)35-15(2)3)17-10-6-8-12-19(17)37-22/h5,7,9,11,15H,4,6,8,10,12-14H2,1-3H3,(H,27,32). The van der Waals surface area contributed by atoms with E-state index in [4.69, 9.17) is 4.74 Å². The summed E-state index contributed by atoms with van der Waals surface area (Å²) < 4.78 is 8.95. The first-order valence-electron chi connectivity index (χ1n) is 12.5. The molecular weight excluding hydrogens is 510 g/mol. The molecular formula is C26H29N5O4S2. The number of aromatic nitrogens is 4. The molecule has 3 heterocycles. The van der Waals surface area contributed by atoms with Crippen LogP contribution in [-0.4, -0.2) is 42.9 Å². The Balaban J connectivity index is 1.42. The van der Waals surface area contributed by atoms with Crippen molar-refractivity contribution in [3.05, 3.63) is 50.6 Å². The number of aryl methyl sites for hydroxylation is 2. The summed E-state index contributed by atoms with van der Waals surface area (Å²) in [5.41, 5.74) is 2.10. The number of esters is 1. The van der Waals surface area contributed by atoms with Gasteiger partial charge in [-0.05, 0) is 63.6 Å². The second-order valence-corrected chi connectivity index (χ2v) is 11.3. The lowest BCUT2D eigenvalue weighted by Crippen LogP contribution is -2.23. The highest BCUT2D eigenvalue weighted by Gasteiger charge is 2.28. The monoisotopic (exact) mass is 539 g/mol. The molecule has 0 saturated heterocycles. The Hall–Kier alpha value is -3.18. The van der Waals surface area contributed by atoms with E-state index in [1.807, 2.05) is 43.4 Å². The molecule has 194 valence electrons. The van der Waals surface area contributed by atoms with E-state index in [0.29, 0.717) is 38.9 Å². The largest absolute Gasteiger partial charge is 0.459 e. The van der Waals surface area contributed by atoms with Gasteiger partial charge in [0.05, 0.1) is 28.3 Å². The molecule has 0 radical (unpaired) electrons. The highest BCUT2D eigenvalue weighted by Crippen LogP contribution is 2.39. The topological polar surface area (TPSA) is 108 Å². The van der Waals surface area contributed by atoms with Gasteiger partial charge in [0.2, 0.25) is 11.7 Å². The molecule has 11 heteroatoms. The second kappa shape index (κ2) is 10.7. The molecule has 9 nitrogen and oxygen atoms in total. The molecule has 0 unspecified atom stereocenters. The van der Waals surface area contributed by atoms with Gasteiger partial charge in [-0.1, -0.05) is 30.8 Å². The molecule has 37 heavy (non-hydrogen) atoms. The van der Waals surface area contributed by atoms with Gasteiger partial charge in [-0.2, -0.15) is 0 Å². The maximum atomic E-state index is 13.1. The van der Waals surface area contributed by atoms with Gasteiger partial charge in [0.25, 0.3) is 5.56 Å². The zero-order valence-electron chi connectivity index (χ0n) is 21.1. The predicted octanol–water partition coefficient (Wildman–Crippen LogP) is 4.69. The third-order valence-corrected chi connectivity index (χ3v) is 8.37. The summed E-state index contributed by atoms with van der Waals surface area (Å²) in [5.74, 6) is -0.104. The van der Waals surface area contributed by atoms with Gasteiger partial charge < -0.3 is 10.1 Å². The number of carbonyl (C=O) groups excluding carboxylic acids is 2. The highest BCUT2D eigenvalue weighted by molar-refractivity contribution is 7.99. The molecule has 0 saturated carbocycles. The fourth-order valence-electron chi connectivity index (χ4n) is 4.69. The Labute approximate surface area is 222 Å². The zero-order chi connectivity index (χ0) is 26.1. The van der Waals surface area contributed by atoms with Crippen LogP contribution in [0.5, 0.6) is 0 Å². The fourth-order valence-corrected chi connectivity index (χ4v) is 6.72. The van der Waals surface area contributed by atoms with Crippen LogP contribution in [-0.2, 0) is 28.9 Å². The maximum Gasteiger partial charge on any atom is 0.341 e. The van der Waals surface area contributed by atoms with Crippen molar-refractivity contribution in [1.82, 2.24) is 19.2 Å². The van der Waals surface area contributed by atoms with Crippen LogP contribution in [0.15, 0.2) is 34.2 Å². The number of thiophene rings is 1. The van der Waals surface area contributed by atoms with Crippen molar-refractivity contribution in [3.63, 3.8) is 0 Å². The second-order valence-electron chi connectivity index (χ2n) is 9.30. The van der Waals surface area contributed by atoms with Crippen LogP contribution < -0.4 is 10.9 Å². The average molecular weight is 540 g/mol. The van der Waals surface area contributed by atoms with E-state index in [1.165, 1.54) is 23.1 Å². The summed E-state index contributed by atoms with van der Waals surface area (Å²) >= 11 is 2.71. The normalized spacial score (nSPS) is 13.3. The van der Waals surface area contributed by atoms with Crippen molar-refractivity contribution in [2.24, 2.45) is 0 Å². The van der Waals surface area contributed by atoms with Gasteiger partial charge in [0.15, 0.2) is 5.16 Å². The molecule has 1 N–H and O–H groups in total. The predicted molar refractivity (Wildman–Crippen MR) is 146 cm³/mol. The van der Waals surface area contributed by atoms with Crippen LogP contribution in [0.2, 0.25) is 0 Å². The lowest BCUT2D eigenvalue weighted by molar-refractivity contribution is -0.113. The Morgan fingerprint density at radius 2 is 1.97 bits per heavy atom. The van der Waals surface area contributed by atoms with E-state index in [2.05, 4.69) is 15.5 Å². The van der Waals surface area contributed by atoms with Gasteiger partial charge >= 0.3 is 5.97 Å². The third kappa shape index (κ3) is 4.89. The quantitative estimate of drug-likeness (QED) is 0.256. The van der Waals surface area contributed by atoms with E-state index in [9.17, 15) is 14.4 Å². The van der Waals surface area contributed by atoms with E-state index < -0.39 is 0 Å². The molecule has 0 atom stereocenters. The molecule has 0 fully saturated rings. The number of nitrogens with zero attached hydrogens (tertiary/aromatic N) is 4. The Kier molecular flexibility index (Phi) is 7.34. The molecule has 0 spiro atoms. The van der Waals surface area contributed by atoms with Crippen molar-refractivity contribution in [1.29, 1.82) is 0 Å². The number of nitrogens with one attached hydrogen (secondary N) is 1. The lowest BCUT2D eigenvalue weighted by Gasteiger charge is -2.14. The van der Waals surface area contributed by atoms with Gasteiger partial charge in [0, 0.05) is 11.4 Å². The number of anilines is 1. The minimum absolute atomic E-state index is 0.0727. The molecule has 3 aromatic heterocycles. The summed E-state index contributed by atoms with van der Waals surface area (Å²) in [4.78, 5) is 40.1. The number of hydrogen-bond donors (Lipinski definition) is 1. The number of amides is 1. The average Bonchev–Trinajstić information content (AvgIpc) is 3.46. The first-order valence-corrected chi connectivity index (χ1v) is 14.3. The number of hydrogen-bond acceptors (Lipinski definition) is 8. The van der Waals surface area contributed by atoms with Crippen molar-refractivity contribution in [3.8, 4) is 0 Å². The van der Waals surface area contributed by atoms with Gasteiger partial charge in [-0.15, -0.1) is 21.5 Å². The Bertz CT molecular complexity index is 1550. The van der Waals surface area contributed by atoms with Crippen molar-refractivity contribution >= 4 is 56.7 Å². The van der Waals surface area contributed by atoms with Crippen LogP contribution in [0.4, 0.5) is 5.00 Å². The summed E-state index contributed by atoms with van der Waals surface area (Å²) in [6.45, 7) is 6.16. The van der Waals surface area contributed by atoms with Crippen LogP contribution in [0.1, 0.15) is 60.8 Å². The van der Waals surface area contributed by atoms with E-state index in [0.717, 1.165) is 42.5 Å². The minimum atomic E-state index is -0.388. The van der Waals surface area contributed by atoms with E-state index >= 15 is 0 Å².